The third-order valence-corrected chi connectivity index (χ3v) is 5.20. The van der Waals surface area contributed by atoms with Crippen molar-refractivity contribution in [3.05, 3.63) is 57.8 Å². The third-order valence-electron chi connectivity index (χ3n) is 4.39. The highest BCUT2D eigenvalue weighted by molar-refractivity contribution is 6.44. The maximum absolute atomic E-state index is 12.7. The SMILES string of the molecule is CC1CCCN(C(=O)c2cc(C(=O)Nc3cccc(Cl)c3Cl)ccn2)C1. The van der Waals surface area contributed by atoms with Crippen molar-refractivity contribution in [3.8, 4) is 0 Å². The van der Waals surface area contributed by atoms with E-state index in [2.05, 4.69) is 17.2 Å². The van der Waals surface area contributed by atoms with Crippen molar-refractivity contribution >= 4 is 40.7 Å². The molecule has 26 heavy (non-hydrogen) atoms. The van der Waals surface area contributed by atoms with E-state index in [1.165, 1.54) is 12.3 Å². The van der Waals surface area contributed by atoms with Crippen molar-refractivity contribution in [2.45, 2.75) is 19.8 Å². The molecular formula is C19H19Cl2N3O2. The Kier molecular flexibility index (Phi) is 5.79. The van der Waals surface area contributed by atoms with Gasteiger partial charge in [-0.3, -0.25) is 14.6 Å². The minimum atomic E-state index is -0.377. The van der Waals surface area contributed by atoms with E-state index in [9.17, 15) is 9.59 Å². The van der Waals surface area contributed by atoms with Crippen LogP contribution in [0.1, 0.15) is 40.6 Å². The monoisotopic (exact) mass is 391 g/mol. The number of likely N-dealkylation sites (tertiary alicyclic amines) is 1. The molecule has 1 atom stereocenters. The lowest BCUT2D eigenvalue weighted by molar-refractivity contribution is 0.0677. The summed E-state index contributed by atoms with van der Waals surface area (Å²) in [6.45, 7) is 3.57. The van der Waals surface area contributed by atoms with Crippen LogP contribution in [0.2, 0.25) is 10.0 Å². The standard InChI is InChI=1S/C19H19Cl2N3O2/c1-12-4-3-9-24(11-12)19(26)16-10-13(7-8-22-16)18(25)23-15-6-2-5-14(20)17(15)21/h2,5-8,10,12H,3-4,9,11H2,1H3,(H,23,25). The minimum absolute atomic E-state index is 0.146. The van der Waals surface area contributed by atoms with Crippen molar-refractivity contribution in [1.82, 2.24) is 9.88 Å². The Hall–Kier alpha value is -2.11. The lowest BCUT2D eigenvalue weighted by Crippen LogP contribution is -2.39. The van der Waals surface area contributed by atoms with Gasteiger partial charge in [-0.05, 0) is 43.0 Å². The quantitative estimate of drug-likeness (QED) is 0.836. The maximum atomic E-state index is 12.7. The molecule has 3 rings (SSSR count). The first-order valence-corrected chi connectivity index (χ1v) is 9.22. The summed E-state index contributed by atoms with van der Waals surface area (Å²) in [6.07, 6.45) is 3.58. The van der Waals surface area contributed by atoms with Crippen LogP contribution in [0, 0.1) is 5.92 Å². The van der Waals surface area contributed by atoms with Crippen molar-refractivity contribution < 1.29 is 9.59 Å². The van der Waals surface area contributed by atoms with Crippen LogP contribution in [0.25, 0.3) is 0 Å². The number of pyridine rings is 1. The molecule has 2 heterocycles. The van der Waals surface area contributed by atoms with Crippen molar-refractivity contribution in [2.75, 3.05) is 18.4 Å². The Morgan fingerprint density at radius 2 is 2.08 bits per heavy atom. The lowest BCUT2D eigenvalue weighted by atomic mass is 10.00. The molecule has 0 saturated carbocycles. The molecule has 1 aromatic carbocycles. The van der Waals surface area contributed by atoms with Gasteiger partial charge in [0, 0.05) is 24.8 Å². The predicted octanol–water partition coefficient (Wildman–Crippen LogP) is 4.51. The van der Waals surface area contributed by atoms with Gasteiger partial charge < -0.3 is 10.2 Å². The van der Waals surface area contributed by atoms with E-state index in [0.717, 1.165) is 25.9 Å². The Labute approximate surface area is 162 Å². The molecule has 1 aliphatic rings. The number of nitrogens with zero attached hydrogens (tertiary/aromatic N) is 2. The van der Waals surface area contributed by atoms with Crippen LogP contribution in [-0.4, -0.2) is 34.8 Å². The zero-order chi connectivity index (χ0) is 18.7. The molecule has 2 aromatic rings. The average molecular weight is 392 g/mol. The number of piperidine rings is 1. The van der Waals surface area contributed by atoms with Crippen LogP contribution in [0.3, 0.4) is 0 Å². The summed E-state index contributed by atoms with van der Waals surface area (Å²) in [5.74, 6) is -0.0474. The number of aromatic nitrogens is 1. The molecule has 0 radical (unpaired) electrons. The van der Waals surface area contributed by atoms with Crippen LogP contribution < -0.4 is 5.32 Å². The number of benzene rings is 1. The predicted molar refractivity (Wildman–Crippen MR) is 103 cm³/mol. The fraction of sp³-hybridized carbons (Fsp3) is 0.316. The van der Waals surface area contributed by atoms with Gasteiger partial charge in [-0.1, -0.05) is 36.2 Å². The number of carbonyl (C=O) groups excluding carboxylic acids is 2. The van der Waals surface area contributed by atoms with E-state index < -0.39 is 0 Å². The van der Waals surface area contributed by atoms with E-state index in [1.54, 1.807) is 29.2 Å². The molecule has 1 N–H and O–H groups in total. The molecule has 1 saturated heterocycles. The number of nitrogens with one attached hydrogen (secondary N) is 1. The second kappa shape index (κ2) is 8.06. The van der Waals surface area contributed by atoms with Gasteiger partial charge in [0.1, 0.15) is 5.69 Å². The zero-order valence-corrected chi connectivity index (χ0v) is 15.8. The first-order valence-electron chi connectivity index (χ1n) is 8.46. The van der Waals surface area contributed by atoms with Gasteiger partial charge in [0.15, 0.2) is 0 Å². The third kappa shape index (κ3) is 4.17. The average Bonchev–Trinajstić information content (AvgIpc) is 2.65. The number of halogens is 2. The molecule has 1 aromatic heterocycles. The molecule has 0 spiro atoms. The molecule has 1 unspecified atom stereocenters. The summed E-state index contributed by atoms with van der Waals surface area (Å²) in [5, 5.41) is 3.34. The number of rotatable bonds is 3. The normalized spacial score (nSPS) is 17.0. The van der Waals surface area contributed by atoms with Crippen molar-refractivity contribution in [2.24, 2.45) is 5.92 Å². The highest BCUT2D eigenvalue weighted by Gasteiger charge is 2.23. The smallest absolute Gasteiger partial charge is 0.272 e. The molecule has 136 valence electrons. The fourth-order valence-corrected chi connectivity index (χ4v) is 3.37. The summed E-state index contributed by atoms with van der Waals surface area (Å²) in [5.41, 5.74) is 1.02. The van der Waals surface area contributed by atoms with Gasteiger partial charge in [-0.15, -0.1) is 0 Å². The van der Waals surface area contributed by atoms with Crippen LogP contribution >= 0.6 is 23.2 Å². The van der Waals surface area contributed by atoms with E-state index >= 15 is 0 Å². The van der Waals surface area contributed by atoms with Crippen LogP contribution in [-0.2, 0) is 0 Å². The molecule has 0 bridgehead atoms. The van der Waals surface area contributed by atoms with E-state index in [1.807, 2.05) is 0 Å². The van der Waals surface area contributed by atoms with Gasteiger partial charge in [0.2, 0.25) is 0 Å². The van der Waals surface area contributed by atoms with E-state index in [4.69, 9.17) is 23.2 Å². The number of anilines is 1. The number of carbonyl (C=O) groups is 2. The van der Waals surface area contributed by atoms with Gasteiger partial charge in [0.25, 0.3) is 11.8 Å². The van der Waals surface area contributed by atoms with E-state index in [0.29, 0.717) is 22.2 Å². The zero-order valence-electron chi connectivity index (χ0n) is 14.3. The molecule has 0 aliphatic carbocycles. The van der Waals surface area contributed by atoms with Crippen LogP contribution in [0.5, 0.6) is 0 Å². The highest BCUT2D eigenvalue weighted by Crippen LogP contribution is 2.29. The summed E-state index contributed by atoms with van der Waals surface area (Å²) < 4.78 is 0. The Morgan fingerprint density at radius 3 is 2.85 bits per heavy atom. The number of hydrogen-bond donors (Lipinski definition) is 1. The summed E-state index contributed by atoms with van der Waals surface area (Å²) in [6, 6.07) is 8.07. The van der Waals surface area contributed by atoms with Gasteiger partial charge in [-0.25, -0.2) is 0 Å². The molecule has 7 heteroatoms. The number of hydrogen-bond acceptors (Lipinski definition) is 3. The Balaban J connectivity index is 1.77. The molecule has 1 aliphatic heterocycles. The molecule has 5 nitrogen and oxygen atoms in total. The largest absolute Gasteiger partial charge is 0.337 e. The lowest BCUT2D eigenvalue weighted by Gasteiger charge is -2.30. The Bertz CT molecular complexity index is 841. The topological polar surface area (TPSA) is 62.3 Å². The van der Waals surface area contributed by atoms with Gasteiger partial charge in [0.05, 0.1) is 15.7 Å². The second-order valence-corrected chi connectivity index (χ2v) is 7.27. The fourth-order valence-electron chi connectivity index (χ4n) is 3.02. The van der Waals surface area contributed by atoms with Crippen LogP contribution in [0.4, 0.5) is 5.69 Å². The molecular weight excluding hydrogens is 373 g/mol. The van der Waals surface area contributed by atoms with Crippen molar-refractivity contribution in [1.29, 1.82) is 0 Å². The highest BCUT2D eigenvalue weighted by atomic mass is 35.5. The Morgan fingerprint density at radius 1 is 1.27 bits per heavy atom. The first-order chi connectivity index (χ1) is 12.5. The van der Waals surface area contributed by atoms with Crippen molar-refractivity contribution in [3.63, 3.8) is 0 Å². The summed E-state index contributed by atoms with van der Waals surface area (Å²) >= 11 is 12.1. The van der Waals surface area contributed by atoms with Gasteiger partial charge in [-0.2, -0.15) is 0 Å². The summed E-state index contributed by atoms with van der Waals surface area (Å²) in [4.78, 5) is 31.1. The first kappa shape index (κ1) is 18.7. The minimum Gasteiger partial charge on any atom is -0.337 e. The molecule has 2 amide bonds. The number of amides is 2. The van der Waals surface area contributed by atoms with E-state index in [-0.39, 0.29) is 22.5 Å². The van der Waals surface area contributed by atoms with Gasteiger partial charge >= 0.3 is 0 Å². The summed E-state index contributed by atoms with van der Waals surface area (Å²) in [7, 11) is 0. The molecule has 1 fully saturated rings. The second-order valence-electron chi connectivity index (χ2n) is 6.48. The van der Waals surface area contributed by atoms with Crippen LogP contribution in [0.15, 0.2) is 36.5 Å². The maximum Gasteiger partial charge on any atom is 0.272 e.